The highest BCUT2D eigenvalue weighted by molar-refractivity contribution is 7.80. The number of ketones is 1. The smallest absolute Gasteiger partial charge is 0.273 e. The van der Waals surface area contributed by atoms with Crippen molar-refractivity contribution in [2.24, 2.45) is 0 Å². The molecular formula is C22H26N3O3S+. The van der Waals surface area contributed by atoms with Crippen molar-refractivity contribution in [3.05, 3.63) is 82.2 Å². The van der Waals surface area contributed by atoms with Gasteiger partial charge in [-0.2, -0.15) is 4.57 Å². The number of benzene rings is 1. The third kappa shape index (κ3) is 5.32. The van der Waals surface area contributed by atoms with Crippen LogP contribution in [0.1, 0.15) is 48.3 Å². The van der Waals surface area contributed by atoms with Crippen LogP contribution in [0.15, 0.2) is 55.4 Å². The van der Waals surface area contributed by atoms with Gasteiger partial charge in [0.25, 0.3) is 11.7 Å². The molecular weight excluding hydrogens is 386 g/mol. The molecule has 1 heterocycles. The number of nitrogens with zero attached hydrogens (tertiary/aromatic N) is 2. The quantitative estimate of drug-likeness (QED) is 0.186. The molecule has 0 spiro atoms. The van der Waals surface area contributed by atoms with E-state index in [0.717, 1.165) is 5.56 Å². The molecule has 1 atom stereocenters. The summed E-state index contributed by atoms with van der Waals surface area (Å²) < 4.78 is 1.72. The summed E-state index contributed by atoms with van der Waals surface area (Å²) >= 11 is 5.48. The molecule has 0 fully saturated rings. The number of aromatic nitrogens is 1. The minimum atomic E-state index is -0.818. The average molecular weight is 413 g/mol. The monoisotopic (exact) mass is 412 g/mol. The fraction of sp³-hybridized carbons (Fsp3) is 0.318. The van der Waals surface area contributed by atoms with Crippen molar-refractivity contribution in [2.45, 2.75) is 39.2 Å². The first-order valence-electron chi connectivity index (χ1n) is 9.25. The molecule has 0 saturated heterocycles. The van der Waals surface area contributed by atoms with E-state index in [-0.39, 0.29) is 22.4 Å². The molecule has 0 radical (unpaired) electrons. The number of rotatable bonds is 7. The van der Waals surface area contributed by atoms with Gasteiger partial charge >= 0.3 is 0 Å². The Morgan fingerprint density at radius 2 is 1.93 bits per heavy atom. The predicted octanol–water partition coefficient (Wildman–Crippen LogP) is 4.02. The van der Waals surface area contributed by atoms with Gasteiger partial charge in [0.05, 0.1) is 4.92 Å². The summed E-state index contributed by atoms with van der Waals surface area (Å²) in [4.78, 5) is 24.4. The summed E-state index contributed by atoms with van der Waals surface area (Å²) in [6.07, 6.45) is 5.28. The van der Waals surface area contributed by atoms with Crippen LogP contribution < -0.4 is 9.88 Å². The lowest BCUT2D eigenvalue weighted by molar-refractivity contribution is -0.692. The Labute approximate surface area is 176 Å². The predicted molar refractivity (Wildman–Crippen MR) is 117 cm³/mol. The lowest BCUT2D eigenvalue weighted by Crippen LogP contribution is -2.51. The van der Waals surface area contributed by atoms with Crippen molar-refractivity contribution in [3.8, 4) is 0 Å². The molecule has 29 heavy (non-hydrogen) atoms. The van der Waals surface area contributed by atoms with Crippen LogP contribution in [-0.2, 0) is 5.41 Å². The number of carbonyl (C=O) groups excluding carboxylic acids is 1. The van der Waals surface area contributed by atoms with Gasteiger partial charge in [-0.05, 0) is 17.9 Å². The largest absolute Gasteiger partial charge is 0.370 e. The van der Waals surface area contributed by atoms with Crippen LogP contribution >= 0.6 is 12.2 Å². The summed E-state index contributed by atoms with van der Waals surface area (Å²) in [6, 6.07) is 7.57. The first-order chi connectivity index (χ1) is 13.6. The molecule has 2 rings (SSSR count). The fourth-order valence-corrected chi connectivity index (χ4v) is 3.20. The molecule has 0 aliphatic heterocycles. The van der Waals surface area contributed by atoms with E-state index in [4.69, 9.17) is 12.2 Å². The van der Waals surface area contributed by atoms with Crippen LogP contribution in [0.3, 0.4) is 0 Å². The zero-order valence-electron chi connectivity index (χ0n) is 17.1. The standard InChI is InChI=1S/C22H25N3O3S/c1-6-11-23-21(29)19(24-12-9-17(10-13-24)22(3,4)5)20(26)16-8-7-15(2)18(14-16)25(27)28/h6-10,12-14,19H,1,11H2,2-5H3/p+1/t19-/m0/s1. The number of aryl methyl sites for hydroxylation is 1. The minimum absolute atomic E-state index is 0.0300. The Kier molecular flexibility index (Phi) is 6.97. The van der Waals surface area contributed by atoms with Crippen molar-refractivity contribution in [2.75, 3.05) is 6.54 Å². The maximum Gasteiger partial charge on any atom is 0.273 e. The van der Waals surface area contributed by atoms with E-state index < -0.39 is 11.0 Å². The summed E-state index contributed by atoms with van der Waals surface area (Å²) in [7, 11) is 0. The van der Waals surface area contributed by atoms with Gasteiger partial charge in [0, 0.05) is 35.9 Å². The number of thiocarbonyl (C=S) groups is 1. The van der Waals surface area contributed by atoms with Crippen molar-refractivity contribution < 1.29 is 14.3 Å². The highest BCUT2D eigenvalue weighted by atomic mass is 32.1. The Balaban J connectivity index is 2.49. The molecule has 7 heteroatoms. The van der Waals surface area contributed by atoms with E-state index in [0.29, 0.717) is 17.1 Å². The molecule has 0 unspecified atom stereocenters. The van der Waals surface area contributed by atoms with Crippen LogP contribution in [0.25, 0.3) is 0 Å². The molecule has 0 amide bonds. The zero-order valence-corrected chi connectivity index (χ0v) is 18.0. The van der Waals surface area contributed by atoms with E-state index in [2.05, 4.69) is 32.7 Å². The fourth-order valence-electron chi connectivity index (χ4n) is 2.89. The van der Waals surface area contributed by atoms with Gasteiger partial charge in [-0.15, -0.1) is 6.58 Å². The number of pyridine rings is 1. The van der Waals surface area contributed by atoms with Crippen molar-refractivity contribution in [3.63, 3.8) is 0 Å². The van der Waals surface area contributed by atoms with Crippen LogP contribution in [0, 0.1) is 17.0 Å². The van der Waals surface area contributed by atoms with Gasteiger partial charge in [0.15, 0.2) is 17.4 Å². The summed E-state index contributed by atoms with van der Waals surface area (Å²) in [6.45, 7) is 12.0. The van der Waals surface area contributed by atoms with Crippen molar-refractivity contribution >= 4 is 28.7 Å². The molecule has 1 aromatic heterocycles. The molecule has 2 aromatic rings. The highest BCUT2D eigenvalue weighted by Crippen LogP contribution is 2.23. The molecule has 0 aliphatic rings. The van der Waals surface area contributed by atoms with E-state index in [1.54, 1.807) is 29.7 Å². The third-order valence-electron chi connectivity index (χ3n) is 4.62. The van der Waals surface area contributed by atoms with E-state index in [9.17, 15) is 14.9 Å². The second kappa shape index (κ2) is 9.05. The topological polar surface area (TPSA) is 76.1 Å². The molecule has 6 nitrogen and oxygen atoms in total. The Morgan fingerprint density at radius 3 is 2.45 bits per heavy atom. The summed E-state index contributed by atoms with van der Waals surface area (Å²) in [5.41, 5.74) is 1.74. The Hall–Kier alpha value is -2.93. The number of carbonyl (C=O) groups is 1. The van der Waals surface area contributed by atoms with Crippen LogP contribution in [-0.4, -0.2) is 22.2 Å². The van der Waals surface area contributed by atoms with E-state index in [1.165, 1.54) is 6.07 Å². The van der Waals surface area contributed by atoms with Crippen molar-refractivity contribution in [1.82, 2.24) is 5.32 Å². The van der Waals surface area contributed by atoms with Crippen LogP contribution in [0.2, 0.25) is 0 Å². The lowest BCUT2D eigenvalue weighted by Gasteiger charge is -2.19. The molecule has 0 saturated carbocycles. The number of hydrogen-bond donors (Lipinski definition) is 1. The molecule has 1 aromatic carbocycles. The number of nitrogens with one attached hydrogen (secondary N) is 1. The number of nitro groups is 1. The average Bonchev–Trinajstić information content (AvgIpc) is 2.66. The second-order valence-electron chi connectivity index (χ2n) is 7.84. The molecule has 0 bridgehead atoms. The van der Waals surface area contributed by atoms with Gasteiger partial charge in [0.2, 0.25) is 5.78 Å². The summed E-state index contributed by atoms with van der Waals surface area (Å²) in [5.74, 6) is -0.317. The maximum absolute atomic E-state index is 13.3. The number of nitro benzene ring substituents is 1. The van der Waals surface area contributed by atoms with Crippen LogP contribution in [0.5, 0.6) is 0 Å². The van der Waals surface area contributed by atoms with Gasteiger partial charge < -0.3 is 5.32 Å². The third-order valence-corrected chi connectivity index (χ3v) is 4.99. The second-order valence-corrected chi connectivity index (χ2v) is 8.28. The number of hydrogen-bond acceptors (Lipinski definition) is 4. The Bertz CT molecular complexity index is 947. The summed E-state index contributed by atoms with van der Waals surface area (Å²) in [5, 5.41) is 14.3. The minimum Gasteiger partial charge on any atom is -0.370 e. The molecule has 152 valence electrons. The highest BCUT2D eigenvalue weighted by Gasteiger charge is 2.34. The van der Waals surface area contributed by atoms with E-state index in [1.807, 2.05) is 24.5 Å². The first kappa shape index (κ1) is 22.4. The molecule has 1 N–H and O–H groups in total. The first-order valence-corrected chi connectivity index (χ1v) is 9.66. The van der Waals surface area contributed by atoms with Gasteiger partial charge in [-0.25, -0.2) is 0 Å². The van der Waals surface area contributed by atoms with Crippen LogP contribution in [0.4, 0.5) is 5.69 Å². The van der Waals surface area contributed by atoms with E-state index >= 15 is 0 Å². The number of Topliss-reactive ketones (excluding diaryl/α,β-unsaturated/α-hetero) is 1. The van der Waals surface area contributed by atoms with Gasteiger partial charge in [-0.1, -0.05) is 51.2 Å². The van der Waals surface area contributed by atoms with Gasteiger partial charge in [-0.3, -0.25) is 14.9 Å². The zero-order chi connectivity index (χ0) is 21.8. The molecule has 0 aliphatic carbocycles. The lowest BCUT2D eigenvalue weighted by atomic mass is 9.88. The van der Waals surface area contributed by atoms with Gasteiger partial charge in [0.1, 0.15) is 0 Å². The SMILES string of the molecule is C=CCNC(=S)[C@H](C(=O)c1ccc(C)c([N+](=O)[O-])c1)[n+]1ccc(C(C)(C)C)cc1. The normalized spacial score (nSPS) is 12.1. The van der Waals surface area contributed by atoms with Crippen molar-refractivity contribution in [1.29, 1.82) is 0 Å². The maximum atomic E-state index is 13.3. The Morgan fingerprint density at radius 1 is 1.31 bits per heavy atom.